The fraction of sp³-hybridized carbons (Fsp3) is 0.364. The van der Waals surface area contributed by atoms with E-state index in [0.29, 0.717) is 10.8 Å². The van der Waals surface area contributed by atoms with E-state index in [4.69, 9.17) is 4.74 Å². The maximum Gasteiger partial charge on any atom is 0.150 e. The van der Waals surface area contributed by atoms with Gasteiger partial charge in [0.25, 0.3) is 0 Å². The second-order valence-corrected chi connectivity index (χ2v) is 4.58. The first-order chi connectivity index (χ1) is 6.76. The molecule has 0 bridgehead atoms. The quantitative estimate of drug-likeness (QED) is 0.552. The van der Waals surface area contributed by atoms with Crippen LogP contribution in [0.25, 0.3) is 0 Å². The lowest BCUT2D eigenvalue weighted by Crippen LogP contribution is -2.04. The predicted octanol–water partition coefficient (Wildman–Crippen LogP) is 2.63. The summed E-state index contributed by atoms with van der Waals surface area (Å²) in [6.45, 7) is 2.85. The number of aldehydes is 1. The van der Waals surface area contributed by atoms with Crippen LogP contribution in [0.15, 0.2) is 29.2 Å². The van der Waals surface area contributed by atoms with E-state index >= 15 is 0 Å². The molecule has 0 aliphatic heterocycles. The molecule has 76 valence electrons. The molecular weight excluding hydrogens is 196 g/mol. The van der Waals surface area contributed by atoms with Gasteiger partial charge in [0.05, 0.1) is 6.61 Å². The van der Waals surface area contributed by atoms with Crippen LogP contribution in [0.5, 0.6) is 0 Å². The summed E-state index contributed by atoms with van der Waals surface area (Å²) in [6.07, 6.45) is 0.854. The van der Waals surface area contributed by atoms with Crippen LogP contribution in [0.3, 0.4) is 0 Å². The average Bonchev–Trinajstić information content (AvgIpc) is 2.19. The minimum atomic E-state index is 0.432. The highest BCUT2D eigenvalue weighted by Crippen LogP contribution is 2.23. The van der Waals surface area contributed by atoms with Crippen LogP contribution in [0.4, 0.5) is 0 Å². The highest BCUT2D eigenvalue weighted by atomic mass is 32.2. The normalized spacial score (nSPS) is 12.4. The van der Waals surface area contributed by atoms with Gasteiger partial charge in [0, 0.05) is 22.8 Å². The van der Waals surface area contributed by atoms with Crippen molar-refractivity contribution in [2.24, 2.45) is 0 Å². The Bertz CT molecular complexity index is 282. The fourth-order valence-corrected chi connectivity index (χ4v) is 2.09. The lowest BCUT2D eigenvalue weighted by atomic mass is 10.2. The van der Waals surface area contributed by atoms with Gasteiger partial charge in [-0.2, -0.15) is 0 Å². The SMILES string of the molecule is COCC(C)Sc1ccc(C=O)cc1. The Hall–Kier alpha value is -0.800. The third kappa shape index (κ3) is 3.52. The van der Waals surface area contributed by atoms with E-state index in [1.54, 1.807) is 18.9 Å². The van der Waals surface area contributed by atoms with E-state index in [0.717, 1.165) is 12.9 Å². The number of benzene rings is 1. The Kier molecular flexibility index (Phi) is 4.70. The van der Waals surface area contributed by atoms with Crippen molar-refractivity contribution in [2.75, 3.05) is 13.7 Å². The Balaban J connectivity index is 2.55. The summed E-state index contributed by atoms with van der Waals surface area (Å²) >= 11 is 1.75. The van der Waals surface area contributed by atoms with Gasteiger partial charge in [-0.05, 0) is 12.1 Å². The third-order valence-electron chi connectivity index (χ3n) is 1.75. The molecule has 1 atom stereocenters. The minimum Gasteiger partial charge on any atom is -0.384 e. The molecule has 0 spiro atoms. The lowest BCUT2D eigenvalue weighted by Gasteiger charge is -2.09. The molecule has 0 fully saturated rings. The average molecular weight is 210 g/mol. The van der Waals surface area contributed by atoms with Crippen molar-refractivity contribution in [3.05, 3.63) is 29.8 Å². The summed E-state index contributed by atoms with van der Waals surface area (Å²) < 4.78 is 5.04. The van der Waals surface area contributed by atoms with Crippen molar-refractivity contribution in [1.82, 2.24) is 0 Å². The summed E-state index contributed by atoms with van der Waals surface area (Å²) in [5, 5.41) is 0.432. The largest absolute Gasteiger partial charge is 0.384 e. The molecular formula is C11H14O2S. The number of thioether (sulfide) groups is 1. The molecule has 0 N–H and O–H groups in total. The maximum absolute atomic E-state index is 10.4. The molecule has 0 radical (unpaired) electrons. The Morgan fingerprint density at radius 1 is 1.43 bits per heavy atom. The first-order valence-corrected chi connectivity index (χ1v) is 5.35. The van der Waals surface area contributed by atoms with Gasteiger partial charge in [-0.3, -0.25) is 4.79 Å². The zero-order valence-electron chi connectivity index (χ0n) is 8.40. The molecule has 3 heteroatoms. The first-order valence-electron chi connectivity index (χ1n) is 4.47. The molecule has 1 aromatic rings. The van der Waals surface area contributed by atoms with Crippen LogP contribution in [0.2, 0.25) is 0 Å². The molecule has 1 aromatic carbocycles. The number of carbonyl (C=O) groups excluding carboxylic acids is 1. The van der Waals surface area contributed by atoms with Crippen LogP contribution >= 0.6 is 11.8 Å². The minimum absolute atomic E-state index is 0.432. The monoisotopic (exact) mass is 210 g/mol. The molecule has 2 nitrogen and oxygen atoms in total. The number of methoxy groups -OCH3 is 1. The van der Waals surface area contributed by atoms with Gasteiger partial charge in [-0.15, -0.1) is 11.8 Å². The van der Waals surface area contributed by atoms with Crippen LogP contribution < -0.4 is 0 Å². The zero-order chi connectivity index (χ0) is 10.4. The summed E-state index contributed by atoms with van der Waals surface area (Å²) in [6, 6.07) is 7.57. The van der Waals surface area contributed by atoms with E-state index in [2.05, 4.69) is 6.92 Å². The molecule has 0 heterocycles. The number of hydrogen-bond donors (Lipinski definition) is 0. The topological polar surface area (TPSA) is 26.3 Å². The number of rotatable bonds is 5. The van der Waals surface area contributed by atoms with E-state index in [9.17, 15) is 4.79 Å². The molecule has 1 unspecified atom stereocenters. The predicted molar refractivity (Wildman–Crippen MR) is 59.0 cm³/mol. The molecule has 0 saturated heterocycles. The highest BCUT2D eigenvalue weighted by Gasteiger charge is 2.03. The Labute approximate surface area is 88.7 Å². The van der Waals surface area contributed by atoms with E-state index in [1.807, 2.05) is 24.3 Å². The summed E-state index contributed by atoms with van der Waals surface area (Å²) in [5.41, 5.74) is 0.716. The van der Waals surface area contributed by atoms with Crippen molar-refractivity contribution in [2.45, 2.75) is 17.1 Å². The van der Waals surface area contributed by atoms with Crippen LogP contribution in [-0.2, 0) is 4.74 Å². The second kappa shape index (κ2) is 5.83. The summed E-state index contributed by atoms with van der Waals surface area (Å²) in [4.78, 5) is 11.6. The van der Waals surface area contributed by atoms with Gasteiger partial charge in [0.1, 0.15) is 6.29 Å². The molecule has 0 aliphatic carbocycles. The third-order valence-corrected chi connectivity index (χ3v) is 2.84. The molecule has 0 aromatic heterocycles. The number of ether oxygens (including phenoxy) is 1. The van der Waals surface area contributed by atoms with Gasteiger partial charge in [0.15, 0.2) is 0 Å². The van der Waals surface area contributed by atoms with Crippen molar-refractivity contribution in [3.63, 3.8) is 0 Å². The van der Waals surface area contributed by atoms with Crippen LogP contribution in [-0.4, -0.2) is 25.3 Å². The fourth-order valence-electron chi connectivity index (χ4n) is 1.13. The van der Waals surface area contributed by atoms with E-state index < -0.39 is 0 Å². The van der Waals surface area contributed by atoms with Gasteiger partial charge >= 0.3 is 0 Å². The van der Waals surface area contributed by atoms with Crippen molar-refractivity contribution < 1.29 is 9.53 Å². The lowest BCUT2D eigenvalue weighted by molar-refractivity contribution is 0.112. The van der Waals surface area contributed by atoms with Crippen LogP contribution in [0, 0.1) is 0 Å². The summed E-state index contributed by atoms with van der Waals surface area (Å²) in [7, 11) is 1.70. The van der Waals surface area contributed by atoms with Crippen molar-refractivity contribution in [1.29, 1.82) is 0 Å². The molecule has 14 heavy (non-hydrogen) atoms. The van der Waals surface area contributed by atoms with Crippen molar-refractivity contribution in [3.8, 4) is 0 Å². The van der Waals surface area contributed by atoms with Gasteiger partial charge in [-0.1, -0.05) is 19.1 Å². The maximum atomic E-state index is 10.4. The van der Waals surface area contributed by atoms with E-state index in [-0.39, 0.29) is 0 Å². The van der Waals surface area contributed by atoms with E-state index in [1.165, 1.54) is 4.90 Å². The standard InChI is InChI=1S/C11H14O2S/c1-9(8-13-2)14-11-5-3-10(7-12)4-6-11/h3-7,9H,8H2,1-2H3. The highest BCUT2D eigenvalue weighted by molar-refractivity contribution is 8.00. The van der Waals surface area contributed by atoms with Crippen molar-refractivity contribution >= 4 is 18.0 Å². The smallest absolute Gasteiger partial charge is 0.150 e. The van der Waals surface area contributed by atoms with Gasteiger partial charge < -0.3 is 4.74 Å². The molecule has 0 aliphatic rings. The number of carbonyl (C=O) groups is 1. The van der Waals surface area contributed by atoms with Gasteiger partial charge in [-0.25, -0.2) is 0 Å². The summed E-state index contributed by atoms with van der Waals surface area (Å²) in [5.74, 6) is 0. The Morgan fingerprint density at radius 3 is 2.57 bits per heavy atom. The van der Waals surface area contributed by atoms with Gasteiger partial charge in [0.2, 0.25) is 0 Å². The molecule has 0 amide bonds. The molecule has 1 rings (SSSR count). The molecule has 0 saturated carbocycles. The first kappa shape index (κ1) is 11.3. The zero-order valence-corrected chi connectivity index (χ0v) is 9.21. The second-order valence-electron chi connectivity index (χ2n) is 3.07. The number of hydrogen-bond acceptors (Lipinski definition) is 3. The Morgan fingerprint density at radius 2 is 2.07 bits per heavy atom. The van der Waals surface area contributed by atoms with Crippen LogP contribution in [0.1, 0.15) is 17.3 Å².